The molecule has 8 nitrogen and oxygen atoms in total. The first-order chi connectivity index (χ1) is 20.2. The molecular formula is C33H35N3O5S. The Morgan fingerprint density at radius 2 is 1.26 bits per heavy atom. The topological polar surface area (TPSA) is 96.0 Å². The molecule has 1 N–H and O–H groups in total. The summed E-state index contributed by atoms with van der Waals surface area (Å²) in [6, 6.07) is 33.8. The second-order valence-corrected chi connectivity index (χ2v) is 11.9. The lowest BCUT2D eigenvalue weighted by Crippen LogP contribution is -2.47. The number of nitrogens with zero attached hydrogens (tertiary/aromatic N) is 2. The number of sulfonamides is 1. The van der Waals surface area contributed by atoms with Crippen LogP contribution in [0.3, 0.4) is 0 Å². The number of hydrogen-bond donors (Lipinski definition) is 1. The summed E-state index contributed by atoms with van der Waals surface area (Å²) in [6.07, 6.45) is 1.08. The molecule has 42 heavy (non-hydrogen) atoms. The van der Waals surface area contributed by atoms with Crippen LogP contribution in [-0.4, -0.2) is 49.3 Å². The van der Waals surface area contributed by atoms with Crippen molar-refractivity contribution in [2.45, 2.75) is 25.7 Å². The largest absolute Gasteiger partial charge is 0.497 e. The molecule has 0 bridgehead atoms. The highest BCUT2D eigenvalue weighted by molar-refractivity contribution is 7.88. The van der Waals surface area contributed by atoms with E-state index in [-0.39, 0.29) is 25.5 Å². The fourth-order valence-electron chi connectivity index (χ4n) is 4.56. The van der Waals surface area contributed by atoms with Gasteiger partial charge in [-0.05, 0) is 34.4 Å². The van der Waals surface area contributed by atoms with E-state index in [1.807, 2.05) is 103 Å². The first-order valence-electron chi connectivity index (χ1n) is 13.5. The maximum absolute atomic E-state index is 14.1. The number of rotatable bonds is 13. The molecule has 0 spiro atoms. The molecule has 218 valence electrons. The highest BCUT2D eigenvalue weighted by atomic mass is 32.2. The summed E-state index contributed by atoms with van der Waals surface area (Å²) in [5.74, 6) is -0.165. The molecule has 0 fully saturated rings. The number of nitrogens with one attached hydrogen (secondary N) is 1. The molecule has 0 aliphatic heterocycles. The molecule has 0 saturated heterocycles. The van der Waals surface area contributed by atoms with Crippen molar-refractivity contribution in [3.05, 3.63) is 138 Å². The number of carbonyl (C=O) groups excluding carboxylic acids is 2. The summed E-state index contributed by atoms with van der Waals surface area (Å²) in [6.45, 7) is -0.0406. The number of carbonyl (C=O) groups is 2. The highest BCUT2D eigenvalue weighted by Gasteiger charge is 2.33. The van der Waals surface area contributed by atoms with Gasteiger partial charge in [0.1, 0.15) is 11.8 Å². The van der Waals surface area contributed by atoms with Gasteiger partial charge in [-0.15, -0.1) is 0 Å². The summed E-state index contributed by atoms with van der Waals surface area (Å²) in [7, 11) is -2.16. The van der Waals surface area contributed by atoms with Crippen molar-refractivity contribution < 1.29 is 22.7 Å². The number of methoxy groups -OCH3 is 1. The number of benzene rings is 4. The van der Waals surface area contributed by atoms with Gasteiger partial charge >= 0.3 is 0 Å². The first kappa shape index (κ1) is 30.5. The zero-order valence-corrected chi connectivity index (χ0v) is 24.5. The third-order valence-corrected chi connectivity index (χ3v) is 8.00. The van der Waals surface area contributed by atoms with Crippen LogP contribution >= 0.6 is 0 Å². The van der Waals surface area contributed by atoms with Crippen LogP contribution in [-0.2, 0) is 39.2 Å². The smallest absolute Gasteiger partial charge is 0.247 e. The Kier molecular flexibility index (Phi) is 10.5. The lowest BCUT2D eigenvalue weighted by atomic mass is 10.0. The molecule has 2 amide bonds. The maximum Gasteiger partial charge on any atom is 0.247 e. The summed E-state index contributed by atoms with van der Waals surface area (Å²) in [4.78, 5) is 29.4. The van der Waals surface area contributed by atoms with Crippen LogP contribution < -0.4 is 10.1 Å². The summed E-state index contributed by atoms with van der Waals surface area (Å²) < 4.78 is 32.0. The molecule has 0 radical (unpaired) electrons. The highest BCUT2D eigenvalue weighted by Crippen LogP contribution is 2.25. The van der Waals surface area contributed by atoms with Crippen LogP contribution in [0.1, 0.15) is 28.3 Å². The quantitative estimate of drug-likeness (QED) is 0.249. The van der Waals surface area contributed by atoms with E-state index in [9.17, 15) is 18.0 Å². The van der Waals surface area contributed by atoms with Gasteiger partial charge in [-0.2, -0.15) is 4.31 Å². The van der Waals surface area contributed by atoms with Crippen molar-refractivity contribution in [2.75, 3.05) is 19.9 Å². The molecule has 0 aromatic heterocycles. The average molecular weight is 586 g/mol. The predicted octanol–water partition coefficient (Wildman–Crippen LogP) is 4.54. The molecule has 0 heterocycles. The standard InChI is InChI=1S/C33H35N3O5S/c1-41-30-20-18-26(19-21-30)22-34-33(38)32(29-16-10-5-11-17-29)36(24-28-14-8-4-9-15-28)31(37)25-35(42(2,39)40)23-27-12-6-3-7-13-27/h3-21,32H,22-25H2,1-2H3,(H,34,38)/t32-/m0/s1. The van der Waals surface area contributed by atoms with Crippen LogP contribution in [0.15, 0.2) is 115 Å². The zero-order valence-electron chi connectivity index (χ0n) is 23.7. The Balaban J connectivity index is 1.66. The Morgan fingerprint density at radius 3 is 1.79 bits per heavy atom. The molecule has 4 rings (SSSR count). The van der Waals surface area contributed by atoms with E-state index < -0.39 is 28.5 Å². The molecule has 4 aromatic carbocycles. The minimum Gasteiger partial charge on any atom is -0.497 e. The second kappa shape index (κ2) is 14.4. The number of amides is 2. The fourth-order valence-corrected chi connectivity index (χ4v) is 5.29. The van der Waals surface area contributed by atoms with Gasteiger partial charge in [-0.25, -0.2) is 8.42 Å². The summed E-state index contributed by atoms with van der Waals surface area (Å²) >= 11 is 0. The predicted molar refractivity (Wildman–Crippen MR) is 163 cm³/mol. The molecular weight excluding hydrogens is 550 g/mol. The molecule has 0 unspecified atom stereocenters. The van der Waals surface area contributed by atoms with Crippen LogP contribution in [0.25, 0.3) is 0 Å². The monoisotopic (exact) mass is 585 g/mol. The Bertz CT molecular complexity index is 1550. The Morgan fingerprint density at radius 1 is 0.738 bits per heavy atom. The lowest BCUT2D eigenvalue weighted by molar-refractivity contribution is -0.141. The summed E-state index contributed by atoms with van der Waals surface area (Å²) in [5, 5.41) is 2.97. The van der Waals surface area contributed by atoms with E-state index in [0.29, 0.717) is 11.3 Å². The van der Waals surface area contributed by atoms with Gasteiger partial charge in [0.15, 0.2) is 0 Å². The van der Waals surface area contributed by atoms with Crippen molar-refractivity contribution in [3.8, 4) is 5.75 Å². The second-order valence-electron chi connectivity index (χ2n) is 9.90. The van der Waals surface area contributed by atoms with E-state index in [2.05, 4.69) is 5.32 Å². The van der Waals surface area contributed by atoms with Gasteiger partial charge in [-0.1, -0.05) is 103 Å². The third-order valence-electron chi connectivity index (χ3n) is 6.80. The van der Waals surface area contributed by atoms with Gasteiger partial charge in [0, 0.05) is 19.6 Å². The first-order valence-corrected chi connectivity index (χ1v) is 15.4. The minimum absolute atomic E-state index is 0.0320. The van der Waals surface area contributed by atoms with Crippen molar-refractivity contribution in [1.82, 2.24) is 14.5 Å². The van der Waals surface area contributed by atoms with Gasteiger partial charge in [0.2, 0.25) is 21.8 Å². The van der Waals surface area contributed by atoms with E-state index in [4.69, 9.17) is 4.74 Å². The van der Waals surface area contributed by atoms with E-state index in [1.54, 1.807) is 19.2 Å². The molecule has 0 aliphatic carbocycles. The number of ether oxygens (including phenoxy) is 1. The van der Waals surface area contributed by atoms with Crippen LogP contribution in [0, 0.1) is 0 Å². The molecule has 0 aliphatic rings. The maximum atomic E-state index is 14.1. The molecule has 0 saturated carbocycles. The minimum atomic E-state index is -3.75. The van der Waals surface area contributed by atoms with Crippen LogP contribution in [0.2, 0.25) is 0 Å². The van der Waals surface area contributed by atoms with E-state index >= 15 is 0 Å². The van der Waals surface area contributed by atoms with Gasteiger partial charge < -0.3 is 15.0 Å². The lowest BCUT2D eigenvalue weighted by Gasteiger charge is -2.33. The van der Waals surface area contributed by atoms with E-state index in [1.165, 1.54) is 4.90 Å². The van der Waals surface area contributed by atoms with Gasteiger partial charge in [-0.3, -0.25) is 9.59 Å². The van der Waals surface area contributed by atoms with Crippen molar-refractivity contribution in [3.63, 3.8) is 0 Å². The SMILES string of the molecule is COc1ccc(CNC(=O)[C@H](c2ccccc2)N(Cc2ccccc2)C(=O)CN(Cc2ccccc2)S(C)(=O)=O)cc1. The van der Waals surface area contributed by atoms with Crippen LogP contribution in [0.5, 0.6) is 5.75 Å². The Labute approximate surface area is 247 Å². The van der Waals surface area contributed by atoms with Crippen molar-refractivity contribution >= 4 is 21.8 Å². The normalized spacial score (nSPS) is 12.0. The zero-order chi connectivity index (χ0) is 30.0. The van der Waals surface area contributed by atoms with Crippen LogP contribution in [0.4, 0.5) is 0 Å². The fraction of sp³-hybridized carbons (Fsp3) is 0.212. The van der Waals surface area contributed by atoms with Crippen molar-refractivity contribution in [1.29, 1.82) is 0 Å². The molecule has 1 atom stereocenters. The molecule has 4 aromatic rings. The third kappa shape index (κ3) is 8.52. The molecule has 9 heteroatoms. The van der Waals surface area contributed by atoms with Gasteiger partial charge in [0.25, 0.3) is 0 Å². The number of hydrogen-bond acceptors (Lipinski definition) is 5. The summed E-state index contributed by atoms with van der Waals surface area (Å²) in [5.41, 5.74) is 3.04. The van der Waals surface area contributed by atoms with E-state index in [0.717, 1.165) is 27.3 Å². The Hall–Kier alpha value is -4.47. The average Bonchev–Trinajstić information content (AvgIpc) is 3.00. The van der Waals surface area contributed by atoms with Crippen molar-refractivity contribution in [2.24, 2.45) is 0 Å². The van der Waals surface area contributed by atoms with Gasteiger partial charge in [0.05, 0.1) is 19.9 Å².